The van der Waals surface area contributed by atoms with Gasteiger partial charge in [-0.2, -0.15) is 0 Å². The van der Waals surface area contributed by atoms with Crippen molar-refractivity contribution in [1.29, 1.82) is 0 Å². The molecule has 2 aliphatic heterocycles. The summed E-state index contributed by atoms with van der Waals surface area (Å²) in [7, 11) is 0. The van der Waals surface area contributed by atoms with E-state index in [1.165, 1.54) is 141 Å². The van der Waals surface area contributed by atoms with Crippen molar-refractivity contribution in [3.05, 3.63) is 12.2 Å². The number of aliphatic hydroxyl groups is 7. The van der Waals surface area contributed by atoms with Gasteiger partial charge in [0, 0.05) is 12.8 Å². The molecular formula is C54H100O15. The second kappa shape index (κ2) is 41.7. The summed E-state index contributed by atoms with van der Waals surface area (Å²) in [6.07, 6.45) is 25.3. The van der Waals surface area contributed by atoms with Crippen LogP contribution in [-0.4, -0.2) is 142 Å². The molecule has 0 radical (unpaired) electrons. The lowest BCUT2D eigenvalue weighted by atomic mass is 9.98. The van der Waals surface area contributed by atoms with Gasteiger partial charge in [0.15, 0.2) is 18.7 Å². The Labute approximate surface area is 416 Å². The van der Waals surface area contributed by atoms with E-state index in [2.05, 4.69) is 26.0 Å². The number of aliphatic hydroxyl groups excluding tert-OH is 7. The van der Waals surface area contributed by atoms with Crippen LogP contribution in [0.4, 0.5) is 0 Å². The van der Waals surface area contributed by atoms with Gasteiger partial charge in [-0.25, -0.2) is 0 Å². The normalized spacial score (nSPS) is 25.6. The van der Waals surface area contributed by atoms with Gasteiger partial charge in [-0.1, -0.05) is 187 Å². The molecule has 7 N–H and O–H groups in total. The van der Waals surface area contributed by atoms with E-state index in [1.54, 1.807) is 0 Å². The third-order valence-electron chi connectivity index (χ3n) is 13.5. The highest BCUT2D eigenvalue weighted by atomic mass is 16.7. The molecule has 0 aromatic carbocycles. The van der Waals surface area contributed by atoms with Gasteiger partial charge in [-0.3, -0.25) is 9.59 Å². The van der Waals surface area contributed by atoms with E-state index in [0.29, 0.717) is 12.8 Å². The fourth-order valence-corrected chi connectivity index (χ4v) is 8.92. The first-order valence-corrected chi connectivity index (χ1v) is 27.8. The molecule has 15 heteroatoms. The second-order valence-electron chi connectivity index (χ2n) is 19.8. The van der Waals surface area contributed by atoms with Crippen molar-refractivity contribution in [3.63, 3.8) is 0 Å². The maximum Gasteiger partial charge on any atom is 0.306 e. The van der Waals surface area contributed by atoms with Crippen molar-refractivity contribution in [2.24, 2.45) is 0 Å². The first-order valence-electron chi connectivity index (χ1n) is 27.8. The zero-order valence-electron chi connectivity index (χ0n) is 43.1. The van der Waals surface area contributed by atoms with Gasteiger partial charge < -0.3 is 64.2 Å². The first kappa shape index (κ1) is 63.4. The summed E-state index contributed by atoms with van der Waals surface area (Å²) in [5, 5.41) is 72.1. The summed E-state index contributed by atoms with van der Waals surface area (Å²) < 4.78 is 33.6. The third-order valence-corrected chi connectivity index (χ3v) is 13.5. The molecule has 0 aliphatic carbocycles. The number of ether oxygens (including phenoxy) is 6. The van der Waals surface area contributed by atoms with Crippen LogP contribution in [0.2, 0.25) is 0 Å². The number of unbranched alkanes of at least 4 members (excludes halogenated alkanes) is 28. The van der Waals surface area contributed by atoms with Crippen molar-refractivity contribution >= 4 is 11.9 Å². The van der Waals surface area contributed by atoms with Gasteiger partial charge in [0.1, 0.15) is 55.4 Å². The Morgan fingerprint density at radius 2 is 0.826 bits per heavy atom. The molecule has 2 aliphatic rings. The lowest BCUT2D eigenvalue weighted by Crippen LogP contribution is -2.61. The van der Waals surface area contributed by atoms with Gasteiger partial charge in [0.25, 0.3) is 0 Å². The van der Waals surface area contributed by atoms with Gasteiger partial charge >= 0.3 is 11.9 Å². The Hall–Kier alpha value is -1.76. The average Bonchev–Trinajstić information content (AvgIpc) is 3.34. The van der Waals surface area contributed by atoms with E-state index in [4.69, 9.17) is 28.4 Å². The van der Waals surface area contributed by atoms with Crippen LogP contribution in [0.5, 0.6) is 0 Å². The molecule has 0 amide bonds. The van der Waals surface area contributed by atoms with Crippen LogP contribution < -0.4 is 0 Å². The Kier molecular flexibility index (Phi) is 38.3. The average molecular weight is 989 g/mol. The lowest BCUT2D eigenvalue weighted by molar-refractivity contribution is -0.332. The molecule has 2 fully saturated rings. The van der Waals surface area contributed by atoms with Crippen LogP contribution in [-0.2, 0) is 38.0 Å². The zero-order chi connectivity index (χ0) is 50.3. The molecule has 0 aromatic rings. The number of carbonyl (C=O) groups excluding carboxylic acids is 2. The number of rotatable bonds is 44. The molecule has 11 atom stereocenters. The van der Waals surface area contributed by atoms with Crippen LogP contribution in [0.25, 0.3) is 0 Å². The Bertz CT molecular complexity index is 1250. The molecule has 2 saturated heterocycles. The van der Waals surface area contributed by atoms with Gasteiger partial charge in [-0.15, -0.1) is 0 Å². The minimum atomic E-state index is -1.76. The monoisotopic (exact) mass is 989 g/mol. The third kappa shape index (κ3) is 29.5. The first-order chi connectivity index (χ1) is 33.5. The predicted octanol–water partition coefficient (Wildman–Crippen LogP) is 8.55. The molecular weight excluding hydrogens is 889 g/mol. The van der Waals surface area contributed by atoms with Crippen molar-refractivity contribution in [2.75, 3.05) is 26.4 Å². The summed E-state index contributed by atoms with van der Waals surface area (Å²) in [5.41, 5.74) is 0. The van der Waals surface area contributed by atoms with Gasteiger partial charge in [-0.05, 0) is 38.5 Å². The van der Waals surface area contributed by atoms with Crippen LogP contribution in [0.1, 0.15) is 226 Å². The Morgan fingerprint density at radius 3 is 1.29 bits per heavy atom. The minimum Gasteiger partial charge on any atom is -0.462 e. The molecule has 0 aromatic heterocycles. The largest absolute Gasteiger partial charge is 0.462 e. The van der Waals surface area contributed by atoms with E-state index < -0.39 is 92.7 Å². The van der Waals surface area contributed by atoms with Crippen LogP contribution in [0, 0.1) is 0 Å². The number of carbonyl (C=O) groups is 2. The predicted molar refractivity (Wildman–Crippen MR) is 266 cm³/mol. The Morgan fingerprint density at radius 1 is 0.449 bits per heavy atom. The van der Waals surface area contributed by atoms with Crippen molar-refractivity contribution in [1.82, 2.24) is 0 Å². The molecule has 4 unspecified atom stereocenters. The Balaban J connectivity index is 1.76. The zero-order valence-corrected chi connectivity index (χ0v) is 43.1. The lowest BCUT2D eigenvalue weighted by Gasteiger charge is -2.42. The quantitative estimate of drug-likeness (QED) is 0.0172. The van der Waals surface area contributed by atoms with E-state index in [-0.39, 0.29) is 26.1 Å². The number of allylic oxidation sites excluding steroid dienone is 2. The maximum atomic E-state index is 13.0. The summed E-state index contributed by atoms with van der Waals surface area (Å²) in [5.74, 6) is -0.931. The molecule has 15 nitrogen and oxygen atoms in total. The SMILES string of the molecule is CCCCCCCC/C=C/CCCCCC(=O)OC[C@H](CO[C@H]1O[C@@H](CO[C@H]2O[C@@H](CO)[C@@H](O)C(O)C2O)[C@@H](O)C(O)C1O)OC(=O)CCCCCCCCCCCCCCCCCCCCCC. The van der Waals surface area contributed by atoms with Crippen molar-refractivity contribution < 1.29 is 73.8 Å². The van der Waals surface area contributed by atoms with Crippen molar-refractivity contribution in [3.8, 4) is 0 Å². The summed E-state index contributed by atoms with van der Waals surface area (Å²) >= 11 is 0. The highest BCUT2D eigenvalue weighted by molar-refractivity contribution is 5.70. The molecule has 406 valence electrons. The standard InChI is InChI=1S/C54H100O15/c1-3-5-7-9-11-13-15-17-18-19-20-21-22-23-25-27-29-31-33-35-37-46(57)67-42(39-64-45(56)36-34-32-30-28-26-24-16-14-12-10-8-6-4-2)40-65-53-52(63)50(61)48(59)44(69-53)41-66-54-51(62)49(60)47(58)43(38-55)68-54/h24,26,42-44,47-55,58-63H,3-23,25,27-41H2,1-2H3/b26-24+/t42-,43+,44+,47-,48-,49?,50?,51?,52?,53+,54+/m1/s1. The van der Waals surface area contributed by atoms with Crippen LogP contribution >= 0.6 is 0 Å². The number of hydrogen-bond acceptors (Lipinski definition) is 15. The van der Waals surface area contributed by atoms with Gasteiger partial charge in [0.2, 0.25) is 0 Å². The highest BCUT2D eigenvalue weighted by Crippen LogP contribution is 2.27. The molecule has 0 saturated carbocycles. The van der Waals surface area contributed by atoms with Crippen LogP contribution in [0.3, 0.4) is 0 Å². The smallest absolute Gasteiger partial charge is 0.306 e. The summed E-state index contributed by atoms with van der Waals surface area (Å²) in [6.45, 7) is 2.60. The minimum absolute atomic E-state index is 0.168. The molecule has 0 spiro atoms. The fraction of sp³-hybridized carbons (Fsp3) is 0.926. The van der Waals surface area contributed by atoms with Gasteiger partial charge in [0.05, 0.1) is 19.8 Å². The maximum absolute atomic E-state index is 13.0. The number of hydrogen-bond donors (Lipinski definition) is 7. The summed E-state index contributed by atoms with van der Waals surface area (Å²) in [4.78, 5) is 25.8. The van der Waals surface area contributed by atoms with Crippen LogP contribution in [0.15, 0.2) is 12.2 Å². The molecule has 2 heterocycles. The van der Waals surface area contributed by atoms with Crippen molar-refractivity contribution in [2.45, 2.75) is 293 Å². The van der Waals surface area contributed by atoms with E-state index in [9.17, 15) is 45.3 Å². The molecule has 69 heavy (non-hydrogen) atoms. The summed E-state index contributed by atoms with van der Waals surface area (Å²) in [6, 6.07) is 0. The molecule has 2 rings (SSSR count). The topological polar surface area (TPSA) is 231 Å². The second-order valence-corrected chi connectivity index (χ2v) is 19.8. The molecule has 0 bridgehead atoms. The van der Waals surface area contributed by atoms with E-state index >= 15 is 0 Å². The van der Waals surface area contributed by atoms with E-state index in [0.717, 1.165) is 44.9 Å². The van der Waals surface area contributed by atoms with E-state index in [1.807, 2.05) is 0 Å². The fourth-order valence-electron chi connectivity index (χ4n) is 8.92. The highest BCUT2D eigenvalue weighted by Gasteiger charge is 2.47. The number of esters is 2.